The minimum absolute atomic E-state index is 0.109. The Kier molecular flexibility index (Phi) is 7.91. The molecular formula is C18H26N2O5. The van der Waals surface area contributed by atoms with Crippen molar-refractivity contribution in [3.05, 3.63) is 29.8 Å². The second-order valence-electron chi connectivity index (χ2n) is 6.39. The highest BCUT2D eigenvalue weighted by Crippen LogP contribution is 2.14. The molecule has 0 saturated heterocycles. The summed E-state index contributed by atoms with van der Waals surface area (Å²) in [5.74, 6) is -0.288. The Morgan fingerprint density at radius 1 is 1.00 bits per heavy atom. The molecule has 1 aromatic carbocycles. The molecule has 0 unspecified atom stereocenters. The summed E-state index contributed by atoms with van der Waals surface area (Å²) in [5.41, 5.74) is 0.295. The molecule has 1 atom stereocenters. The van der Waals surface area contributed by atoms with Crippen LogP contribution in [0.4, 0.5) is 4.79 Å². The lowest BCUT2D eigenvalue weighted by Gasteiger charge is -2.14. The van der Waals surface area contributed by atoms with E-state index in [-0.39, 0.29) is 6.04 Å². The van der Waals surface area contributed by atoms with Crippen LogP contribution >= 0.6 is 0 Å². The minimum atomic E-state index is -1.10. The van der Waals surface area contributed by atoms with Gasteiger partial charge in [-0.05, 0) is 51.0 Å². The number of hydrogen-bond acceptors (Lipinski definition) is 5. The van der Waals surface area contributed by atoms with E-state index in [4.69, 9.17) is 9.47 Å². The van der Waals surface area contributed by atoms with Crippen LogP contribution in [0.3, 0.4) is 0 Å². The van der Waals surface area contributed by atoms with Gasteiger partial charge in [0.15, 0.2) is 6.10 Å². The summed E-state index contributed by atoms with van der Waals surface area (Å²) in [6.07, 6.45) is -1.10. The molecule has 7 nitrogen and oxygen atoms in total. The predicted octanol–water partition coefficient (Wildman–Crippen LogP) is 2.50. The molecule has 0 spiro atoms. The van der Waals surface area contributed by atoms with Crippen LogP contribution in [0, 0.1) is 5.92 Å². The molecule has 2 N–H and O–H groups in total. The molecule has 0 saturated carbocycles. The fourth-order valence-electron chi connectivity index (χ4n) is 1.74. The van der Waals surface area contributed by atoms with Crippen LogP contribution < -0.4 is 15.4 Å². The third-order valence-electron chi connectivity index (χ3n) is 2.98. The van der Waals surface area contributed by atoms with E-state index < -0.39 is 24.0 Å². The Morgan fingerprint density at radius 3 is 2.12 bits per heavy atom. The first-order valence-corrected chi connectivity index (χ1v) is 8.24. The second-order valence-corrected chi connectivity index (χ2v) is 6.39. The maximum absolute atomic E-state index is 12.1. The predicted molar refractivity (Wildman–Crippen MR) is 93.5 cm³/mol. The normalized spacial score (nSPS) is 11.8. The van der Waals surface area contributed by atoms with Crippen molar-refractivity contribution in [3.63, 3.8) is 0 Å². The summed E-state index contributed by atoms with van der Waals surface area (Å²) in [6.45, 7) is 9.60. The monoisotopic (exact) mass is 350 g/mol. The quantitative estimate of drug-likeness (QED) is 0.737. The summed E-state index contributed by atoms with van der Waals surface area (Å²) in [4.78, 5) is 35.4. The van der Waals surface area contributed by atoms with Crippen molar-refractivity contribution in [2.75, 3.05) is 6.61 Å². The van der Waals surface area contributed by atoms with Crippen molar-refractivity contribution >= 4 is 17.9 Å². The highest BCUT2D eigenvalue weighted by molar-refractivity contribution is 5.98. The summed E-state index contributed by atoms with van der Waals surface area (Å²) in [6, 6.07) is 5.72. The number of ether oxygens (including phenoxy) is 2. The first-order chi connectivity index (χ1) is 11.7. The Labute approximate surface area is 148 Å². The van der Waals surface area contributed by atoms with Crippen molar-refractivity contribution in [1.82, 2.24) is 10.6 Å². The van der Waals surface area contributed by atoms with Gasteiger partial charge in [0.25, 0.3) is 5.91 Å². The van der Waals surface area contributed by atoms with Crippen molar-refractivity contribution in [1.29, 1.82) is 0 Å². The van der Waals surface area contributed by atoms with Gasteiger partial charge in [0, 0.05) is 6.04 Å². The van der Waals surface area contributed by atoms with Crippen LogP contribution in [0.25, 0.3) is 0 Å². The third-order valence-corrected chi connectivity index (χ3v) is 2.98. The Hall–Kier alpha value is -2.57. The standard InChI is InChI=1S/C18H26N2O5/c1-11(2)10-24-15-8-6-14(7-9-15)17(22)25-13(5)16(21)20-18(23)19-12(3)4/h6-9,11-13H,10H2,1-5H3,(H2,19,20,21,23)/t13-/m0/s1. The maximum atomic E-state index is 12.1. The topological polar surface area (TPSA) is 93.7 Å². The van der Waals surface area contributed by atoms with Crippen molar-refractivity contribution < 1.29 is 23.9 Å². The molecule has 0 aromatic heterocycles. The van der Waals surface area contributed by atoms with E-state index in [1.165, 1.54) is 6.92 Å². The SMILES string of the molecule is CC(C)COc1ccc(C(=O)O[C@@H](C)C(=O)NC(=O)NC(C)C)cc1. The van der Waals surface area contributed by atoms with Gasteiger partial charge >= 0.3 is 12.0 Å². The van der Waals surface area contributed by atoms with Crippen LogP contribution in [-0.2, 0) is 9.53 Å². The van der Waals surface area contributed by atoms with Crippen LogP contribution in [0.2, 0.25) is 0 Å². The van der Waals surface area contributed by atoms with E-state index in [9.17, 15) is 14.4 Å². The van der Waals surface area contributed by atoms with Crippen LogP contribution in [0.1, 0.15) is 45.0 Å². The van der Waals surface area contributed by atoms with Gasteiger partial charge in [0.05, 0.1) is 12.2 Å². The molecule has 0 aliphatic rings. The number of rotatable bonds is 7. The zero-order chi connectivity index (χ0) is 19.0. The molecule has 7 heteroatoms. The van der Waals surface area contributed by atoms with Gasteiger partial charge < -0.3 is 14.8 Å². The van der Waals surface area contributed by atoms with Gasteiger partial charge in [0.1, 0.15) is 5.75 Å². The molecule has 0 fully saturated rings. The lowest BCUT2D eigenvalue weighted by molar-refractivity contribution is -0.127. The number of carbonyl (C=O) groups excluding carboxylic acids is 3. The van der Waals surface area contributed by atoms with Crippen LogP contribution in [0.15, 0.2) is 24.3 Å². The molecule has 0 aliphatic heterocycles. The minimum Gasteiger partial charge on any atom is -0.493 e. The highest BCUT2D eigenvalue weighted by Gasteiger charge is 2.21. The first-order valence-electron chi connectivity index (χ1n) is 8.24. The smallest absolute Gasteiger partial charge is 0.338 e. The van der Waals surface area contributed by atoms with Crippen molar-refractivity contribution in [3.8, 4) is 5.75 Å². The lowest BCUT2D eigenvalue weighted by Crippen LogP contribution is -2.46. The molecule has 1 rings (SSSR count). The van der Waals surface area contributed by atoms with Crippen molar-refractivity contribution in [2.45, 2.75) is 46.8 Å². The van der Waals surface area contributed by atoms with Gasteiger partial charge in [-0.15, -0.1) is 0 Å². The summed E-state index contributed by atoms with van der Waals surface area (Å²) in [5, 5.41) is 4.63. The largest absolute Gasteiger partial charge is 0.493 e. The number of carbonyl (C=O) groups is 3. The zero-order valence-electron chi connectivity index (χ0n) is 15.3. The second kappa shape index (κ2) is 9.66. The van der Waals surface area contributed by atoms with E-state index >= 15 is 0 Å². The number of benzene rings is 1. The number of nitrogens with one attached hydrogen (secondary N) is 2. The Balaban J connectivity index is 2.54. The van der Waals surface area contributed by atoms with Crippen LogP contribution in [-0.4, -0.2) is 36.7 Å². The molecule has 3 amide bonds. The Bertz CT molecular complexity index is 596. The average molecular weight is 350 g/mol. The molecule has 1 aromatic rings. The number of hydrogen-bond donors (Lipinski definition) is 2. The molecule has 138 valence electrons. The van der Waals surface area contributed by atoms with E-state index in [0.29, 0.717) is 23.8 Å². The number of urea groups is 1. The zero-order valence-corrected chi connectivity index (χ0v) is 15.3. The summed E-state index contributed by atoms with van der Waals surface area (Å²) in [7, 11) is 0. The fraction of sp³-hybridized carbons (Fsp3) is 0.500. The van der Waals surface area contributed by atoms with E-state index in [2.05, 4.69) is 10.6 Å². The maximum Gasteiger partial charge on any atom is 0.338 e. The molecule has 0 bridgehead atoms. The van der Waals surface area contributed by atoms with Gasteiger partial charge in [-0.25, -0.2) is 9.59 Å². The van der Waals surface area contributed by atoms with E-state index in [1.807, 2.05) is 13.8 Å². The summed E-state index contributed by atoms with van der Waals surface area (Å²) >= 11 is 0. The molecule has 25 heavy (non-hydrogen) atoms. The summed E-state index contributed by atoms with van der Waals surface area (Å²) < 4.78 is 10.6. The van der Waals surface area contributed by atoms with Crippen molar-refractivity contribution in [2.24, 2.45) is 5.92 Å². The number of imide groups is 1. The number of esters is 1. The molecule has 0 aliphatic carbocycles. The van der Waals surface area contributed by atoms with Gasteiger partial charge in [-0.3, -0.25) is 10.1 Å². The van der Waals surface area contributed by atoms with Gasteiger partial charge in [-0.1, -0.05) is 13.8 Å². The third kappa shape index (κ3) is 7.69. The lowest BCUT2D eigenvalue weighted by atomic mass is 10.2. The molecular weight excluding hydrogens is 324 g/mol. The van der Waals surface area contributed by atoms with Crippen LogP contribution in [0.5, 0.6) is 5.75 Å². The van der Waals surface area contributed by atoms with E-state index in [1.54, 1.807) is 38.1 Å². The van der Waals surface area contributed by atoms with Gasteiger partial charge in [-0.2, -0.15) is 0 Å². The molecule has 0 radical (unpaired) electrons. The fourth-order valence-corrected chi connectivity index (χ4v) is 1.74. The molecule has 0 heterocycles. The highest BCUT2D eigenvalue weighted by atomic mass is 16.5. The van der Waals surface area contributed by atoms with Gasteiger partial charge in [0.2, 0.25) is 0 Å². The van der Waals surface area contributed by atoms with E-state index in [0.717, 1.165) is 0 Å². The average Bonchev–Trinajstić information content (AvgIpc) is 2.52. The number of amides is 3. The Morgan fingerprint density at radius 2 is 1.60 bits per heavy atom. The first kappa shape index (κ1) is 20.5.